The zero-order chi connectivity index (χ0) is 23.8. The quantitative estimate of drug-likeness (QED) is 0.684. The van der Waals surface area contributed by atoms with Crippen LogP contribution < -0.4 is 14.7 Å². The molecule has 0 unspecified atom stereocenters. The molecule has 176 valence electrons. The first-order valence-corrected chi connectivity index (χ1v) is 12.1. The third kappa shape index (κ3) is 5.29. The van der Waals surface area contributed by atoms with Crippen LogP contribution in [-0.2, 0) is 10.8 Å². The molecule has 0 aliphatic carbocycles. The Morgan fingerprint density at radius 2 is 1.25 bits per heavy atom. The lowest BCUT2D eigenvalue weighted by atomic mass is 9.77. The van der Waals surface area contributed by atoms with E-state index in [0.717, 1.165) is 24.2 Å². The van der Waals surface area contributed by atoms with Gasteiger partial charge in [0.1, 0.15) is 38.0 Å². The van der Waals surface area contributed by atoms with Gasteiger partial charge in [0.15, 0.2) is 0 Å². The lowest BCUT2D eigenvalue weighted by Gasteiger charge is -2.36. The predicted octanol–water partition coefficient (Wildman–Crippen LogP) is 2.56. The first kappa shape index (κ1) is 24.6. The third-order valence-electron chi connectivity index (χ3n) is 6.98. The molecular formula is C28H45N3O+2. The number of anilines is 1. The van der Waals surface area contributed by atoms with Crippen LogP contribution in [0.4, 0.5) is 5.69 Å². The van der Waals surface area contributed by atoms with Gasteiger partial charge in [0.25, 0.3) is 0 Å². The second-order valence-corrected chi connectivity index (χ2v) is 12.0. The standard InChI is InChI=1S/C28H43N3O/c1-27(2,3)23-18-21(19-24(26(23)32)28(4,5)6)25(31-16-14-30(9)15-17-31)20-10-12-22(13-11-20)29(7)8/h10-13,18-19,25,32H,14-17H2,1-9H3/p+2/t25-/m1/s1. The smallest absolute Gasteiger partial charge is 0.139 e. The minimum absolute atomic E-state index is 0.124. The fraction of sp³-hybridized carbons (Fsp3) is 0.571. The molecule has 1 atom stereocenters. The van der Waals surface area contributed by atoms with Crippen molar-refractivity contribution in [2.45, 2.75) is 58.4 Å². The molecule has 4 nitrogen and oxygen atoms in total. The molecule has 2 aromatic rings. The van der Waals surface area contributed by atoms with Gasteiger partial charge in [-0.15, -0.1) is 0 Å². The Morgan fingerprint density at radius 1 is 0.781 bits per heavy atom. The summed E-state index contributed by atoms with van der Waals surface area (Å²) >= 11 is 0. The van der Waals surface area contributed by atoms with Gasteiger partial charge in [-0.1, -0.05) is 53.7 Å². The van der Waals surface area contributed by atoms with E-state index >= 15 is 0 Å². The number of hydrogen-bond acceptors (Lipinski definition) is 2. The molecule has 1 fully saturated rings. The molecule has 3 rings (SSSR count). The number of phenols is 1. The van der Waals surface area contributed by atoms with Crippen LogP contribution in [0.1, 0.15) is 69.8 Å². The van der Waals surface area contributed by atoms with Crippen molar-refractivity contribution in [1.29, 1.82) is 0 Å². The molecule has 3 N–H and O–H groups in total. The SMILES string of the molecule is CN(C)c1ccc([C@H](c2cc(C(C)(C)C)c(O)c(C(C)(C)C)c2)[NH+]2CC[NH+](C)CC2)cc1. The lowest BCUT2D eigenvalue weighted by molar-refractivity contribution is -1.02. The average Bonchev–Trinajstić information content (AvgIpc) is 2.69. The van der Waals surface area contributed by atoms with Crippen LogP contribution in [0.2, 0.25) is 0 Å². The van der Waals surface area contributed by atoms with Crippen LogP contribution in [0.15, 0.2) is 36.4 Å². The summed E-state index contributed by atoms with van der Waals surface area (Å²) in [6.07, 6.45) is 0. The molecule has 0 spiro atoms. The van der Waals surface area contributed by atoms with Crippen molar-refractivity contribution >= 4 is 5.69 Å². The molecule has 0 saturated carbocycles. The van der Waals surface area contributed by atoms with Gasteiger partial charge in [0.2, 0.25) is 0 Å². The molecule has 0 aromatic heterocycles. The first-order valence-electron chi connectivity index (χ1n) is 12.1. The summed E-state index contributed by atoms with van der Waals surface area (Å²) in [7, 11) is 6.48. The fourth-order valence-electron chi connectivity index (χ4n) is 4.88. The van der Waals surface area contributed by atoms with Gasteiger partial charge >= 0.3 is 0 Å². The van der Waals surface area contributed by atoms with Gasteiger partial charge in [-0.25, -0.2) is 0 Å². The highest BCUT2D eigenvalue weighted by Gasteiger charge is 2.34. The summed E-state index contributed by atoms with van der Waals surface area (Å²) in [5, 5.41) is 11.3. The maximum Gasteiger partial charge on any atom is 0.139 e. The maximum atomic E-state index is 11.3. The van der Waals surface area contributed by atoms with E-state index in [-0.39, 0.29) is 16.9 Å². The highest BCUT2D eigenvalue weighted by atomic mass is 16.3. The summed E-state index contributed by atoms with van der Waals surface area (Å²) in [5.41, 5.74) is 5.76. The van der Waals surface area contributed by atoms with E-state index in [0.29, 0.717) is 5.75 Å². The van der Waals surface area contributed by atoms with Gasteiger partial charge in [0, 0.05) is 42.0 Å². The molecule has 2 aromatic carbocycles. The van der Waals surface area contributed by atoms with Gasteiger partial charge in [0.05, 0.1) is 7.05 Å². The number of nitrogens with zero attached hydrogens (tertiary/aromatic N) is 1. The van der Waals surface area contributed by atoms with E-state index in [1.54, 1.807) is 9.80 Å². The van der Waals surface area contributed by atoms with Crippen molar-refractivity contribution < 1.29 is 14.9 Å². The number of nitrogens with one attached hydrogen (secondary N) is 2. The number of hydrogen-bond donors (Lipinski definition) is 3. The Morgan fingerprint density at radius 3 is 1.66 bits per heavy atom. The summed E-state index contributed by atoms with van der Waals surface area (Å²) < 4.78 is 0. The molecule has 0 bridgehead atoms. The Labute approximate surface area is 195 Å². The summed E-state index contributed by atoms with van der Waals surface area (Å²) in [6, 6.07) is 13.9. The summed E-state index contributed by atoms with van der Waals surface area (Å²) in [6.45, 7) is 17.9. The second-order valence-electron chi connectivity index (χ2n) is 12.0. The molecular weight excluding hydrogens is 394 g/mol. The Balaban J connectivity index is 2.19. The van der Waals surface area contributed by atoms with E-state index in [2.05, 4.69) is 104 Å². The first-order chi connectivity index (χ1) is 14.8. The molecule has 0 amide bonds. The molecule has 32 heavy (non-hydrogen) atoms. The molecule has 4 heteroatoms. The number of rotatable bonds is 4. The molecule has 0 radical (unpaired) electrons. The Bertz CT molecular complexity index is 876. The zero-order valence-corrected chi connectivity index (χ0v) is 21.8. The van der Waals surface area contributed by atoms with Crippen LogP contribution in [-0.4, -0.2) is 52.4 Å². The van der Waals surface area contributed by atoms with E-state index < -0.39 is 0 Å². The van der Waals surface area contributed by atoms with Crippen LogP contribution in [0.5, 0.6) is 5.75 Å². The number of benzene rings is 2. The predicted molar refractivity (Wildman–Crippen MR) is 135 cm³/mol. The maximum absolute atomic E-state index is 11.3. The highest BCUT2D eigenvalue weighted by Crippen LogP contribution is 2.41. The van der Waals surface area contributed by atoms with Crippen molar-refractivity contribution in [3.05, 3.63) is 58.7 Å². The van der Waals surface area contributed by atoms with Crippen LogP contribution >= 0.6 is 0 Å². The van der Waals surface area contributed by atoms with Crippen molar-refractivity contribution in [2.24, 2.45) is 0 Å². The van der Waals surface area contributed by atoms with E-state index in [1.807, 2.05) is 0 Å². The van der Waals surface area contributed by atoms with Crippen LogP contribution in [0, 0.1) is 0 Å². The summed E-state index contributed by atoms with van der Waals surface area (Å²) in [5.74, 6) is 0.466. The van der Waals surface area contributed by atoms with Gasteiger partial charge in [-0.2, -0.15) is 0 Å². The van der Waals surface area contributed by atoms with Crippen LogP contribution in [0.3, 0.4) is 0 Å². The van der Waals surface area contributed by atoms with Crippen molar-refractivity contribution in [2.75, 3.05) is 52.2 Å². The van der Waals surface area contributed by atoms with Gasteiger partial charge in [-0.3, -0.25) is 0 Å². The second kappa shape index (κ2) is 9.07. The molecule has 1 aliphatic rings. The van der Waals surface area contributed by atoms with Crippen molar-refractivity contribution in [3.8, 4) is 5.75 Å². The number of aromatic hydroxyl groups is 1. The third-order valence-corrected chi connectivity index (χ3v) is 6.98. The zero-order valence-electron chi connectivity index (χ0n) is 21.8. The number of phenolic OH excluding ortho intramolecular Hbond substituents is 1. The Hall–Kier alpha value is -2.04. The van der Waals surface area contributed by atoms with E-state index in [1.165, 1.54) is 29.9 Å². The summed E-state index contributed by atoms with van der Waals surface area (Å²) in [4.78, 5) is 5.39. The van der Waals surface area contributed by atoms with Gasteiger partial charge in [-0.05, 0) is 35.1 Å². The topological polar surface area (TPSA) is 32.4 Å². The highest BCUT2D eigenvalue weighted by molar-refractivity contribution is 5.52. The normalized spacial score (nSPS) is 20.8. The van der Waals surface area contributed by atoms with Crippen LogP contribution in [0.25, 0.3) is 0 Å². The lowest BCUT2D eigenvalue weighted by Crippen LogP contribution is -3.27. The molecule has 1 heterocycles. The largest absolute Gasteiger partial charge is 0.507 e. The minimum atomic E-state index is -0.124. The molecule has 1 saturated heterocycles. The number of quaternary nitrogens is 2. The molecule has 1 aliphatic heterocycles. The van der Waals surface area contributed by atoms with Crippen molar-refractivity contribution in [1.82, 2.24) is 0 Å². The number of piperazine rings is 1. The van der Waals surface area contributed by atoms with Gasteiger partial charge < -0.3 is 19.8 Å². The van der Waals surface area contributed by atoms with E-state index in [9.17, 15) is 5.11 Å². The number of likely N-dealkylation sites (N-methyl/N-ethyl adjacent to an activating group) is 1. The fourth-order valence-corrected chi connectivity index (χ4v) is 4.88. The van der Waals surface area contributed by atoms with E-state index in [4.69, 9.17) is 0 Å². The average molecular weight is 440 g/mol. The Kier molecular flexibility index (Phi) is 6.97. The van der Waals surface area contributed by atoms with Crippen molar-refractivity contribution in [3.63, 3.8) is 0 Å². The minimum Gasteiger partial charge on any atom is -0.507 e. The monoisotopic (exact) mass is 439 g/mol.